The summed E-state index contributed by atoms with van der Waals surface area (Å²) in [6.07, 6.45) is 0. The molecule has 0 aliphatic rings. The first-order valence-corrected chi connectivity index (χ1v) is 12.7. The van der Waals surface area contributed by atoms with Crippen LogP contribution in [0.4, 0.5) is 0 Å². The summed E-state index contributed by atoms with van der Waals surface area (Å²) in [6, 6.07) is 42.4. The number of nitrogens with one attached hydrogen (secondary N) is 1. The third-order valence-electron chi connectivity index (χ3n) is 4.60. The summed E-state index contributed by atoms with van der Waals surface area (Å²) in [7, 11) is -1.44. The topological polar surface area (TPSA) is 21.3 Å². The minimum Gasteiger partial charge on any atom is -0.348 e. The number of hydrogen-bond donors (Lipinski definition) is 1. The Hall–Kier alpha value is -2.34. The SMILES string of the molecule is c1ccc(P(NCCOP(c2ccccc2)c2ccccc2)c2ccccc2)cc1. The van der Waals surface area contributed by atoms with Gasteiger partial charge in [0.2, 0.25) is 0 Å². The van der Waals surface area contributed by atoms with E-state index in [0.29, 0.717) is 6.61 Å². The predicted octanol–water partition coefficient (Wildman–Crippen LogP) is 4.69. The van der Waals surface area contributed by atoms with Gasteiger partial charge in [-0.15, -0.1) is 0 Å². The molecule has 0 spiro atoms. The summed E-state index contributed by atoms with van der Waals surface area (Å²) < 4.78 is 6.45. The van der Waals surface area contributed by atoms with Crippen LogP contribution >= 0.6 is 16.2 Å². The minimum absolute atomic E-state index is 0.613. The van der Waals surface area contributed by atoms with Gasteiger partial charge in [-0.05, 0) is 10.6 Å². The molecule has 4 aromatic rings. The van der Waals surface area contributed by atoms with Crippen LogP contribution < -0.4 is 26.3 Å². The quantitative estimate of drug-likeness (QED) is 0.308. The van der Waals surface area contributed by atoms with Gasteiger partial charge in [-0.25, -0.2) is 0 Å². The summed E-state index contributed by atoms with van der Waals surface area (Å²) in [5.41, 5.74) is 0. The second-order valence-electron chi connectivity index (χ2n) is 6.71. The van der Waals surface area contributed by atoms with Crippen molar-refractivity contribution in [2.75, 3.05) is 13.2 Å². The second-order valence-corrected chi connectivity index (χ2v) is 10.6. The average Bonchev–Trinajstić information content (AvgIpc) is 2.84. The minimum atomic E-state index is -0.823. The molecular weight excluding hydrogens is 404 g/mol. The molecule has 0 atom stereocenters. The van der Waals surface area contributed by atoms with Crippen molar-refractivity contribution >= 4 is 37.4 Å². The van der Waals surface area contributed by atoms with E-state index >= 15 is 0 Å². The van der Waals surface area contributed by atoms with Crippen molar-refractivity contribution in [3.05, 3.63) is 121 Å². The molecule has 4 aromatic carbocycles. The molecule has 4 rings (SSSR count). The Labute approximate surface area is 181 Å². The van der Waals surface area contributed by atoms with Gasteiger partial charge in [0.15, 0.2) is 0 Å². The highest BCUT2D eigenvalue weighted by molar-refractivity contribution is 7.71. The van der Waals surface area contributed by atoms with Gasteiger partial charge < -0.3 is 4.52 Å². The summed E-state index contributed by atoms with van der Waals surface area (Å²) >= 11 is 0. The molecule has 150 valence electrons. The van der Waals surface area contributed by atoms with Gasteiger partial charge in [0.25, 0.3) is 0 Å². The molecule has 0 amide bonds. The highest BCUT2D eigenvalue weighted by Crippen LogP contribution is 2.35. The average molecular weight is 429 g/mol. The molecule has 0 fully saturated rings. The molecule has 0 heterocycles. The third-order valence-corrected chi connectivity index (χ3v) is 8.75. The fourth-order valence-corrected chi connectivity index (χ4v) is 6.88. The highest BCUT2D eigenvalue weighted by Gasteiger charge is 2.16. The monoisotopic (exact) mass is 429 g/mol. The Morgan fingerprint density at radius 2 is 0.867 bits per heavy atom. The Morgan fingerprint density at radius 3 is 1.27 bits per heavy atom. The van der Waals surface area contributed by atoms with E-state index < -0.39 is 16.2 Å². The van der Waals surface area contributed by atoms with Crippen LogP contribution in [0.25, 0.3) is 0 Å². The van der Waals surface area contributed by atoms with Crippen LogP contribution in [-0.4, -0.2) is 13.2 Å². The van der Waals surface area contributed by atoms with E-state index in [1.165, 1.54) is 21.2 Å². The smallest absolute Gasteiger partial charge is 0.0918 e. The zero-order chi connectivity index (χ0) is 20.4. The Bertz CT molecular complexity index is 834. The van der Waals surface area contributed by atoms with E-state index in [0.717, 1.165) is 6.54 Å². The maximum atomic E-state index is 6.45. The van der Waals surface area contributed by atoms with Gasteiger partial charge in [-0.2, -0.15) is 0 Å². The molecule has 1 N–H and O–H groups in total. The van der Waals surface area contributed by atoms with Crippen LogP contribution in [0.15, 0.2) is 121 Å². The van der Waals surface area contributed by atoms with Crippen LogP contribution in [-0.2, 0) is 4.52 Å². The van der Waals surface area contributed by atoms with Gasteiger partial charge in [0.05, 0.1) is 14.8 Å². The summed E-state index contributed by atoms with van der Waals surface area (Å²) in [5.74, 6) is 0. The van der Waals surface area contributed by atoms with Gasteiger partial charge in [-0.3, -0.25) is 5.09 Å². The lowest BCUT2D eigenvalue weighted by molar-refractivity contribution is 0.368. The van der Waals surface area contributed by atoms with Crippen molar-refractivity contribution in [2.45, 2.75) is 0 Å². The molecule has 0 aliphatic heterocycles. The molecule has 0 saturated heterocycles. The van der Waals surface area contributed by atoms with Crippen molar-refractivity contribution in [1.82, 2.24) is 5.09 Å². The molecule has 0 aromatic heterocycles. The molecule has 2 nitrogen and oxygen atoms in total. The molecule has 30 heavy (non-hydrogen) atoms. The van der Waals surface area contributed by atoms with E-state index in [-0.39, 0.29) is 0 Å². The van der Waals surface area contributed by atoms with E-state index in [1.54, 1.807) is 0 Å². The van der Waals surface area contributed by atoms with Gasteiger partial charge in [0, 0.05) is 25.2 Å². The van der Waals surface area contributed by atoms with E-state index in [9.17, 15) is 0 Å². The maximum absolute atomic E-state index is 6.45. The summed E-state index contributed by atoms with van der Waals surface area (Å²) in [5, 5.41) is 8.90. The first-order valence-electron chi connectivity index (χ1n) is 10.1. The lowest BCUT2D eigenvalue weighted by Gasteiger charge is -2.22. The van der Waals surface area contributed by atoms with E-state index in [1.807, 2.05) is 0 Å². The van der Waals surface area contributed by atoms with Crippen LogP contribution in [0.5, 0.6) is 0 Å². The molecule has 0 bridgehead atoms. The Balaban J connectivity index is 1.45. The van der Waals surface area contributed by atoms with Crippen molar-refractivity contribution in [2.24, 2.45) is 0 Å². The fourth-order valence-electron chi connectivity index (χ4n) is 3.21. The number of hydrogen-bond acceptors (Lipinski definition) is 2. The molecule has 0 radical (unpaired) electrons. The van der Waals surface area contributed by atoms with Crippen molar-refractivity contribution in [3.8, 4) is 0 Å². The molecule has 0 saturated carbocycles. The van der Waals surface area contributed by atoms with Crippen LogP contribution in [0.1, 0.15) is 0 Å². The van der Waals surface area contributed by atoms with Gasteiger partial charge in [-0.1, -0.05) is 121 Å². The zero-order valence-electron chi connectivity index (χ0n) is 16.8. The second kappa shape index (κ2) is 11.2. The van der Waals surface area contributed by atoms with Crippen LogP contribution in [0.3, 0.4) is 0 Å². The van der Waals surface area contributed by atoms with Crippen LogP contribution in [0.2, 0.25) is 0 Å². The van der Waals surface area contributed by atoms with Gasteiger partial charge in [0.1, 0.15) is 0 Å². The number of benzene rings is 4. The van der Waals surface area contributed by atoms with E-state index in [4.69, 9.17) is 4.52 Å². The normalized spacial score (nSPS) is 11.1. The highest BCUT2D eigenvalue weighted by atomic mass is 31.1. The standard InChI is InChI=1S/C26H25NOP2/c1-5-13-23(14-6-1)29(24-15-7-2-8-16-24)27-21-22-28-30(25-17-9-3-10-18-25)26-19-11-4-12-20-26/h1-20,27H,21-22H2. The molecule has 0 unspecified atom stereocenters. The van der Waals surface area contributed by atoms with E-state index in [2.05, 4.69) is 126 Å². The number of rotatable bonds is 9. The van der Waals surface area contributed by atoms with Crippen LogP contribution in [0, 0.1) is 0 Å². The first-order chi connectivity index (χ1) is 14.9. The van der Waals surface area contributed by atoms with Crippen molar-refractivity contribution in [1.29, 1.82) is 0 Å². The maximum Gasteiger partial charge on any atom is 0.0918 e. The first kappa shape index (κ1) is 20.9. The predicted molar refractivity (Wildman–Crippen MR) is 132 cm³/mol. The Morgan fingerprint density at radius 1 is 0.500 bits per heavy atom. The largest absolute Gasteiger partial charge is 0.348 e. The van der Waals surface area contributed by atoms with Crippen molar-refractivity contribution < 1.29 is 4.52 Å². The lowest BCUT2D eigenvalue weighted by Crippen LogP contribution is -2.26. The molecule has 0 aliphatic carbocycles. The summed E-state index contributed by atoms with van der Waals surface area (Å²) in [6.45, 7) is 1.46. The lowest BCUT2D eigenvalue weighted by atomic mass is 10.4. The fraction of sp³-hybridized carbons (Fsp3) is 0.0769. The van der Waals surface area contributed by atoms with Crippen molar-refractivity contribution in [3.63, 3.8) is 0 Å². The molecular formula is C26H25NOP2. The summed E-state index contributed by atoms with van der Waals surface area (Å²) in [4.78, 5) is 0. The Kier molecular flexibility index (Phi) is 7.78. The van der Waals surface area contributed by atoms with Gasteiger partial charge >= 0.3 is 0 Å². The molecule has 4 heteroatoms. The zero-order valence-corrected chi connectivity index (χ0v) is 18.6. The third kappa shape index (κ3) is 5.63.